The molecule has 4 nitrogen and oxygen atoms in total. The van der Waals surface area contributed by atoms with Crippen molar-refractivity contribution in [2.24, 2.45) is 0 Å². The van der Waals surface area contributed by atoms with Gasteiger partial charge in [0.1, 0.15) is 5.58 Å². The van der Waals surface area contributed by atoms with E-state index in [2.05, 4.69) is 243 Å². The molecule has 368 valence electrons. The highest BCUT2D eigenvalue weighted by Gasteiger charge is 2.52. The van der Waals surface area contributed by atoms with Crippen LogP contribution < -0.4 is 31.3 Å². The number of nitrogens with zero attached hydrogens (tertiary/aromatic N) is 3. The lowest BCUT2D eigenvalue weighted by Crippen LogP contribution is -2.61. The number of benzene rings is 7. The van der Waals surface area contributed by atoms with E-state index in [0.29, 0.717) is 0 Å². The molecule has 1 saturated carbocycles. The summed E-state index contributed by atoms with van der Waals surface area (Å²) in [5.74, 6) is 0. The molecule has 1 fully saturated rings. The summed E-state index contributed by atoms with van der Waals surface area (Å²) in [4.78, 5) is 7.69. The van der Waals surface area contributed by atoms with E-state index in [9.17, 15) is 0 Å². The molecular formula is C68H72BN3O. The summed E-state index contributed by atoms with van der Waals surface area (Å²) in [6.07, 6.45) is 7.19. The van der Waals surface area contributed by atoms with Crippen LogP contribution in [0.1, 0.15) is 155 Å². The van der Waals surface area contributed by atoms with Crippen LogP contribution in [0.15, 0.2) is 150 Å². The van der Waals surface area contributed by atoms with E-state index in [4.69, 9.17) is 4.42 Å². The smallest absolute Gasteiger partial charge is 0.297 e. The molecule has 0 unspecified atom stereocenters. The van der Waals surface area contributed by atoms with Crippen molar-refractivity contribution in [2.75, 3.05) is 14.7 Å². The predicted octanol–water partition coefficient (Wildman–Crippen LogP) is 17.0. The van der Waals surface area contributed by atoms with E-state index in [1.165, 1.54) is 98.1 Å². The predicted molar refractivity (Wildman–Crippen MR) is 311 cm³/mol. The first-order chi connectivity index (χ1) is 34.6. The molecule has 7 aromatic carbocycles. The number of furan rings is 1. The minimum absolute atomic E-state index is 0.00212. The fourth-order valence-electron chi connectivity index (χ4n) is 14.0. The van der Waals surface area contributed by atoms with Crippen molar-refractivity contribution >= 4 is 85.5 Å². The largest absolute Gasteiger partial charge is 0.468 e. The van der Waals surface area contributed by atoms with Crippen molar-refractivity contribution in [3.8, 4) is 0 Å². The average Bonchev–Trinajstić information content (AvgIpc) is 3.74. The summed E-state index contributed by atoms with van der Waals surface area (Å²) in [5, 5.41) is 1.22. The van der Waals surface area contributed by atoms with Gasteiger partial charge in [0.25, 0.3) is 6.71 Å². The zero-order valence-corrected chi connectivity index (χ0v) is 45.4. The van der Waals surface area contributed by atoms with Crippen LogP contribution >= 0.6 is 0 Å². The summed E-state index contributed by atoms with van der Waals surface area (Å²) in [7, 11) is 0. The standard InChI is InChI=1S/C68H72BN3O/c1-63(2,3)43-23-27-47(28-24-43)71-56-41-52-51(65(7,8)31-32-66(52,9)10)40-55(56)69-60-57(71)37-49(70(45-19-15-13-16-20-45)46-21-17-14-18-22-46)38-58(60)72(48-29-25-44(26-30-48)64(4,5)6)61-50-39-53-54(42-59(50)73-62(61)69)68(12)35-33-67(53,11)34-36-68/h13-30,37-42H,31-36H2,1-12H3. The SMILES string of the molecule is CC(C)(C)c1ccc(N2c3cc4c(cc3B3c5oc6cc7c(cc6c5N(c5ccc(C(C)(C)C)cc5)c5cc(N(c6ccccc6)c6ccccc6)cc2c53)C2(C)CCC7(C)CC2)C(C)(C)CCC4(C)C)cc1. The summed E-state index contributed by atoms with van der Waals surface area (Å²) in [5.41, 5.74) is 24.0. The molecule has 2 aliphatic heterocycles. The lowest BCUT2D eigenvalue weighted by Gasteiger charge is -2.52. The molecule has 0 spiro atoms. The van der Waals surface area contributed by atoms with Gasteiger partial charge in [0.2, 0.25) is 0 Å². The Hall–Kier alpha value is -6.46. The van der Waals surface area contributed by atoms with E-state index in [0.717, 1.165) is 52.5 Å². The van der Waals surface area contributed by atoms with Gasteiger partial charge in [-0.3, -0.25) is 0 Å². The second kappa shape index (κ2) is 15.5. The van der Waals surface area contributed by atoms with Crippen LogP contribution in [0.3, 0.4) is 0 Å². The van der Waals surface area contributed by atoms with Crippen molar-refractivity contribution in [3.05, 3.63) is 179 Å². The fraction of sp³-hybridized carbons (Fsp3) is 0.353. The zero-order valence-electron chi connectivity index (χ0n) is 45.4. The topological polar surface area (TPSA) is 22.9 Å². The van der Waals surface area contributed by atoms with Gasteiger partial charge in [-0.15, -0.1) is 0 Å². The van der Waals surface area contributed by atoms with Crippen molar-refractivity contribution in [1.82, 2.24) is 0 Å². The maximum atomic E-state index is 7.75. The lowest BCUT2D eigenvalue weighted by atomic mass is 9.35. The molecule has 6 aliphatic rings. The van der Waals surface area contributed by atoms with Gasteiger partial charge in [0, 0.05) is 45.2 Å². The third-order valence-corrected chi connectivity index (χ3v) is 18.8. The Morgan fingerprint density at radius 1 is 0.466 bits per heavy atom. The molecule has 0 N–H and O–H groups in total. The Bertz CT molecular complexity index is 3470. The van der Waals surface area contributed by atoms with E-state index in [1.54, 1.807) is 0 Å². The molecule has 14 rings (SSSR count). The van der Waals surface area contributed by atoms with Crippen LogP contribution in [-0.2, 0) is 32.5 Å². The highest BCUT2D eigenvalue weighted by atomic mass is 16.3. The summed E-state index contributed by atoms with van der Waals surface area (Å²) < 4.78 is 7.75. The molecule has 0 saturated heterocycles. The molecule has 2 bridgehead atoms. The quantitative estimate of drug-likeness (QED) is 0.160. The first-order valence-electron chi connectivity index (χ1n) is 27.3. The molecule has 1 aromatic heterocycles. The lowest BCUT2D eigenvalue weighted by molar-refractivity contribution is 0.188. The minimum atomic E-state index is -0.167. The van der Waals surface area contributed by atoms with Gasteiger partial charge in [0.15, 0.2) is 0 Å². The average molecular weight is 958 g/mol. The van der Waals surface area contributed by atoms with Crippen LogP contribution in [-0.4, -0.2) is 6.71 Å². The normalized spacial score (nSPS) is 21.1. The van der Waals surface area contributed by atoms with Crippen LogP contribution in [0.2, 0.25) is 0 Å². The zero-order chi connectivity index (χ0) is 50.8. The number of hydrogen-bond donors (Lipinski definition) is 0. The molecule has 3 heterocycles. The minimum Gasteiger partial charge on any atom is -0.468 e. The van der Waals surface area contributed by atoms with E-state index < -0.39 is 0 Å². The number of para-hydroxylation sites is 2. The summed E-state index contributed by atoms with van der Waals surface area (Å²) in [6.45, 7) is 28.7. The van der Waals surface area contributed by atoms with Crippen molar-refractivity contribution < 1.29 is 4.42 Å². The van der Waals surface area contributed by atoms with E-state index >= 15 is 0 Å². The van der Waals surface area contributed by atoms with E-state index in [1.807, 2.05) is 0 Å². The van der Waals surface area contributed by atoms with Crippen molar-refractivity contribution in [2.45, 2.75) is 154 Å². The molecule has 0 radical (unpaired) electrons. The number of anilines is 9. The third kappa shape index (κ3) is 6.99. The molecule has 73 heavy (non-hydrogen) atoms. The van der Waals surface area contributed by atoms with Gasteiger partial charge in [0.05, 0.1) is 17.0 Å². The first kappa shape index (κ1) is 46.3. The maximum Gasteiger partial charge on any atom is 0.297 e. The van der Waals surface area contributed by atoms with Gasteiger partial charge in [-0.25, -0.2) is 0 Å². The summed E-state index contributed by atoms with van der Waals surface area (Å²) >= 11 is 0. The third-order valence-electron chi connectivity index (χ3n) is 18.8. The van der Waals surface area contributed by atoms with Gasteiger partial charge in [-0.2, -0.15) is 0 Å². The second-order valence-electron chi connectivity index (χ2n) is 26.7. The van der Waals surface area contributed by atoms with Gasteiger partial charge >= 0.3 is 0 Å². The molecule has 0 atom stereocenters. The molecule has 8 aromatic rings. The first-order valence-corrected chi connectivity index (χ1v) is 27.3. The Morgan fingerprint density at radius 2 is 0.932 bits per heavy atom. The Morgan fingerprint density at radius 3 is 1.44 bits per heavy atom. The van der Waals surface area contributed by atoms with Gasteiger partial charge in [-0.05, 0) is 194 Å². The van der Waals surface area contributed by atoms with Crippen LogP contribution in [0.4, 0.5) is 51.2 Å². The van der Waals surface area contributed by atoms with Crippen LogP contribution in [0.5, 0.6) is 0 Å². The Kier molecular flexibility index (Phi) is 9.87. The molecule has 0 amide bonds. The number of fused-ring (bicyclic) bond motifs is 9. The van der Waals surface area contributed by atoms with E-state index in [-0.39, 0.29) is 39.2 Å². The number of hydrogen-bond acceptors (Lipinski definition) is 4. The van der Waals surface area contributed by atoms with Gasteiger partial charge in [-0.1, -0.05) is 150 Å². The molecule has 4 aliphatic carbocycles. The Balaban J connectivity index is 1.19. The molecule has 5 heteroatoms. The second-order valence-corrected chi connectivity index (χ2v) is 26.7. The molecular weight excluding hydrogens is 886 g/mol. The summed E-state index contributed by atoms with van der Waals surface area (Å²) in [6, 6.07) is 56.2. The highest BCUT2D eigenvalue weighted by Crippen LogP contribution is 2.59. The van der Waals surface area contributed by atoms with Crippen LogP contribution in [0, 0.1) is 0 Å². The Labute approximate surface area is 435 Å². The van der Waals surface area contributed by atoms with Crippen molar-refractivity contribution in [3.63, 3.8) is 0 Å². The number of rotatable bonds is 5. The van der Waals surface area contributed by atoms with Crippen molar-refractivity contribution in [1.29, 1.82) is 0 Å². The van der Waals surface area contributed by atoms with Crippen LogP contribution in [0.25, 0.3) is 11.0 Å². The van der Waals surface area contributed by atoms with Gasteiger partial charge < -0.3 is 19.1 Å². The highest BCUT2D eigenvalue weighted by molar-refractivity contribution is 7.00. The maximum absolute atomic E-state index is 7.75. The monoisotopic (exact) mass is 958 g/mol. The fourth-order valence-corrected chi connectivity index (χ4v) is 14.0.